The number of hydrogen-bond donors (Lipinski definition) is 3. The Morgan fingerprint density at radius 3 is 2.39 bits per heavy atom. The molecular weight excluding hydrogens is 426 g/mol. The van der Waals surface area contributed by atoms with Crippen molar-refractivity contribution in [2.75, 3.05) is 13.1 Å². The molecule has 2 atom stereocenters. The van der Waals surface area contributed by atoms with Crippen molar-refractivity contribution in [3.8, 4) is 0 Å². The molecule has 0 radical (unpaired) electrons. The van der Waals surface area contributed by atoms with Crippen LogP contribution in [0.5, 0.6) is 0 Å². The van der Waals surface area contributed by atoms with Gasteiger partial charge in [-0.3, -0.25) is 4.79 Å². The molecule has 1 aliphatic rings. The molecule has 2 amide bonds. The number of benzene rings is 1. The lowest BCUT2D eigenvalue weighted by Gasteiger charge is -2.19. The highest BCUT2D eigenvalue weighted by Gasteiger charge is 2.28. The van der Waals surface area contributed by atoms with E-state index < -0.39 is 58.7 Å². The standard InChI is InChI=1S/C18H19F4N5O4/c19-12-11(13(20)15(22)16(14(12)21)26-27-23)17(29)24-7-8-25-18(30)31-10-4-2-1-3-9(28)5-6-10/h2,4,9-10,28H,1,3,5-8H2,(H,24,29)(H,25,30)/b4-2+/t9-,10?/m0/s1. The van der Waals surface area contributed by atoms with Crippen LogP contribution >= 0.6 is 0 Å². The molecule has 3 N–H and O–H groups in total. The predicted molar refractivity (Wildman–Crippen MR) is 99.3 cm³/mol. The molecule has 13 heteroatoms. The molecule has 168 valence electrons. The number of carbonyl (C=O) groups is 2. The van der Waals surface area contributed by atoms with E-state index in [9.17, 15) is 32.3 Å². The number of rotatable bonds is 6. The number of ether oxygens (including phenoxy) is 1. The highest BCUT2D eigenvalue weighted by atomic mass is 19.2. The van der Waals surface area contributed by atoms with E-state index in [0.29, 0.717) is 25.7 Å². The lowest BCUT2D eigenvalue weighted by atomic mass is 10.0. The van der Waals surface area contributed by atoms with Gasteiger partial charge in [0.2, 0.25) is 0 Å². The molecule has 0 aromatic heterocycles. The van der Waals surface area contributed by atoms with Gasteiger partial charge >= 0.3 is 6.09 Å². The molecule has 0 bridgehead atoms. The molecule has 1 aromatic carbocycles. The van der Waals surface area contributed by atoms with Gasteiger partial charge in [0.15, 0.2) is 23.3 Å². The first-order chi connectivity index (χ1) is 14.8. The zero-order valence-electron chi connectivity index (χ0n) is 16.1. The maximum absolute atomic E-state index is 13.9. The molecule has 0 spiro atoms. The molecule has 1 aromatic rings. The van der Waals surface area contributed by atoms with Crippen LogP contribution < -0.4 is 10.6 Å². The first kappa shape index (κ1) is 24.0. The number of carbonyl (C=O) groups excluding carboxylic acids is 2. The van der Waals surface area contributed by atoms with Gasteiger partial charge in [0, 0.05) is 18.0 Å². The minimum Gasteiger partial charge on any atom is -0.442 e. The van der Waals surface area contributed by atoms with Crippen LogP contribution in [-0.4, -0.2) is 42.4 Å². The Labute approximate surface area is 173 Å². The van der Waals surface area contributed by atoms with Gasteiger partial charge in [-0.2, -0.15) is 0 Å². The summed E-state index contributed by atoms with van der Waals surface area (Å²) in [5.74, 6) is -9.55. The smallest absolute Gasteiger partial charge is 0.407 e. The Hall–Kier alpha value is -3.31. The van der Waals surface area contributed by atoms with E-state index in [1.807, 2.05) is 5.32 Å². The molecule has 0 fully saturated rings. The highest BCUT2D eigenvalue weighted by Crippen LogP contribution is 2.30. The summed E-state index contributed by atoms with van der Waals surface area (Å²) in [5, 5.41) is 16.5. The Kier molecular flexibility index (Phi) is 8.64. The maximum atomic E-state index is 13.9. The van der Waals surface area contributed by atoms with Crippen molar-refractivity contribution in [3.63, 3.8) is 0 Å². The predicted octanol–water partition coefficient (Wildman–Crippen LogP) is 3.50. The number of nitrogens with one attached hydrogen (secondary N) is 2. The number of amides is 2. The Morgan fingerprint density at radius 2 is 1.74 bits per heavy atom. The average molecular weight is 445 g/mol. The number of aliphatic hydroxyl groups excluding tert-OH is 1. The monoisotopic (exact) mass is 445 g/mol. The lowest BCUT2D eigenvalue weighted by Crippen LogP contribution is -2.37. The van der Waals surface area contributed by atoms with E-state index >= 15 is 0 Å². The maximum Gasteiger partial charge on any atom is 0.407 e. The molecule has 0 heterocycles. The molecule has 1 aliphatic carbocycles. The number of nitrogens with zero attached hydrogens (tertiary/aromatic N) is 3. The van der Waals surface area contributed by atoms with E-state index in [1.54, 1.807) is 12.2 Å². The van der Waals surface area contributed by atoms with Crippen molar-refractivity contribution in [2.45, 2.75) is 37.9 Å². The Balaban J connectivity index is 1.89. The van der Waals surface area contributed by atoms with Crippen molar-refractivity contribution in [3.05, 3.63) is 51.4 Å². The van der Waals surface area contributed by atoms with Crippen LogP contribution in [0.3, 0.4) is 0 Å². The van der Waals surface area contributed by atoms with E-state index in [-0.39, 0.29) is 13.1 Å². The molecule has 1 unspecified atom stereocenters. The summed E-state index contributed by atoms with van der Waals surface area (Å²) in [5.41, 5.74) is 5.13. The van der Waals surface area contributed by atoms with Crippen LogP contribution in [-0.2, 0) is 4.74 Å². The number of alkyl carbamates (subject to hydrolysis) is 1. The summed E-state index contributed by atoms with van der Waals surface area (Å²) in [4.78, 5) is 25.8. The van der Waals surface area contributed by atoms with Gasteiger partial charge in [-0.25, -0.2) is 22.4 Å². The molecular formula is C18H19F4N5O4. The van der Waals surface area contributed by atoms with Crippen molar-refractivity contribution in [1.82, 2.24) is 10.6 Å². The second-order valence-electron chi connectivity index (χ2n) is 6.53. The summed E-state index contributed by atoms with van der Waals surface area (Å²) < 4.78 is 60.5. The lowest BCUT2D eigenvalue weighted by molar-refractivity contribution is 0.0907. The third-order valence-electron chi connectivity index (χ3n) is 4.35. The molecule has 0 saturated heterocycles. The van der Waals surface area contributed by atoms with Crippen LogP contribution in [0.25, 0.3) is 10.4 Å². The summed E-state index contributed by atoms with van der Waals surface area (Å²) in [6, 6.07) is 0. The van der Waals surface area contributed by atoms with Gasteiger partial charge in [-0.1, -0.05) is 11.2 Å². The van der Waals surface area contributed by atoms with Crippen molar-refractivity contribution in [1.29, 1.82) is 0 Å². The second kappa shape index (κ2) is 11.2. The fraction of sp³-hybridized carbons (Fsp3) is 0.444. The number of allylic oxidation sites excluding steroid dienone is 1. The third-order valence-corrected chi connectivity index (χ3v) is 4.35. The minimum absolute atomic E-state index is 0.214. The summed E-state index contributed by atoms with van der Waals surface area (Å²) >= 11 is 0. The third kappa shape index (κ3) is 6.33. The Bertz CT molecular complexity index is 892. The van der Waals surface area contributed by atoms with Crippen LogP contribution in [0.1, 0.15) is 36.0 Å². The SMILES string of the molecule is [N-]=[N+]=Nc1c(F)c(F)c(C(=O)NCCNC(=O)OC2/C=C/CC[C@H](O)CC2)c(F)c1F. The Morgan fingerprint density at radius 1 is 1.10 bits per heavy atom. The van der Waals surface area contributed by atoms with Crippen molar-refractivity contribution in [2.24, 2.45) is 5.11 Å². The van der Waals surface area contributed by atoms with Crippen LogP contribution in [0, 0.1) is 23.3 Å². The normalized spacial score (nSPS) is 19.4. The van der Waals surface area contributed by atoms with Crippen molar-refractivity contribution < 1.29 is 37.0 Å². The second-order valence-corrected chi connectivity index (χ2v) is 6.53. The first-order valence-corrected chi connectivity index (χ1v) is 9.24. The van der Waals surface area contributed by atoms with Gasteiger partial charge in [0.25, 0.3) is 5.91 Å². The quantitative estimate of drug-likeness (QED) is 0.117. The van der Waals surface area contributed by atoms with E-state index in [4.69, 9.17) is 10.3 Å². The number of hydrogen-bond acceptors (Lipinski definition) is 5. The van der Waals surface area contributed by atoms with Crippen molar-refractivity contribution >= 4 is 17.7 Å². The zero-order valence-corrected chi connectivity index (χ0v) is 16.1. The average Bonchev–Trinajstić information content (AvgIpc) is 2.72. The molecule has 9 nitrogen and oxygen atoms in total. The fourth-order valence-corrected chi connectivity index (χ4v) is 2.79. The minimum atomic E-state index is -2.02. The van der Waals surface area contributed by atoms with E-state index in [0.717, 1.165) is 0 Å². The number of aliphatic hydroxyl groups is 1. The molecule has 0 saturated carbocycles. The largest absolute Gasteiger partial charge is 0.442 e. The molecule has 0 aliphatic heterocycles. The number of halogens is 4. The van der Waals surface area contributed by atoms with Gasteiger partial charge in [0.1, 0.15) is 17.4 Å². The summed E-state index contributed by atoms with van der Waals surface area (Å²) in [6.07, 6.45) is 3.78. The van der Waals surface area contributed by atoms with E-state index in [2.05, 4.69) is 15.3 Å². The van der Waals surface area contributed by atoms with Crippen LogP contribution in [0.4, 0.5) is 28.0 Å². The number of azide groups is 1. The van der Waals surface area contributed by atoms with Gasteiger partial charge in [0.05, 0.1) is 6.10 Å². The highest BCUT2D eigenvalue weighted by molar-refractivity contribution is 5.95. The van der Waals surface area contributed by atoms with Crippen LogP contribution in [0.2, 0.25) is 0 Å². The van der Waals surface area contributed by atoms with E-state index in [1.165, 1.54) is 0 Å². The molecule has 31 heavy (non-hydrogen) atoms. The van der Waals surface area contributed by atoms with Gasteiger partial charge < -0.3 is 20.5 Å². The zero-order chi connectivity index (χ0) is 23.0. The first-order valence-electron chi connectivity index (χ1n) is 9.24. The molecule has 2 rings (SSSR count). The summed E-state index contributed by atoms with van der Waals surface area (Å²) in [7, 11) is 0. The van der Waals surface area contributed by atoms with Crippen LogP contribution in [0.15, 0.2) is 17.3 Å². The van der Waals surface area contributed by atoms with Gasteiger partial charge in [-0.05, 0) is 37.3 Å². The topological polar surface area (TPSA) is 136 Å². The summed E-state index contributed by atoms with van der Waals surface area (Å²) in [6.45, 7) is -0.554. The fourth-order valence-electron chi connectivity index (χ4n) is 2.79. The van der Waals surface area contributed by atoms with Gasteiger partial charge in [-0.15, -0.1) is 0 Å².